The van der Waals surface area contributed by atoms with E-state index in [0.717, 1.165) is 18.2 Å². The Bertz CT molecular complexity index is 495. The van der Waals surface area contributed by atoms with Crippen molar-refractivity contribution < 1.29 is 4.42 Å². The van der Waals surface area contributed by atoms with Gasteiger partial charge in [-0.3, -0.25) is 0 Å². The minimum absolute atomic E-state index is 0.567. The van der Waals surface area contributed by atoms with Gasteiger partial charge in [0.05, 0.1) is 12.3 Å². The SMILES string of the molecule is Cc1nnc(CSc2nnnn2CCN(C)C)o1. The molecule has 0 aromatic carbocycles. The summed E-state index contributed by atoms with van der Waals surface area (Å²) in [7, 11) is 4.02. The number of hydrogen-bond donors (Lipinski definition) is 0. The van der Waals surface area contributed by atoms with Crippen molar-refractivity contribution in [3.05, 3.63) is 11.8 Å². The van der Waals surface area contributed by atoms with Crippen LogP contribution in [-0.2, 0) is 12.3 Å². The Labute approximate surface area is 109 Å². The second-order valence-electron chi connectivity index (χ2n) is 3.99. The molecule has 2 aromatic heterocycles. The number of likely N-dealkylation sites (N-methyl/N-ethyl adjacent to an activating group) is 1. The molecule has 2 aromatic rings. The molecular formula is C9H15N7OS. The second-order valence-corrected chi connectivity index (χ2v) is 4.93. The molecule has 0 spiro atoms. The lowest BCUT2D eigenvalue weighted by Crippen LogP contribution is -2.19. The van der Waals surface area contributed by atoms with Crippen molar-refractivity contribution in [1.82, 2.24) is 35.3 Å². The lowest BCUT2D eigenvalue weighted by molar-refractivity contribution is 0.361. The van der Waals surface area contributed by atoms with Crippen LogP contribution in [0.4, 0.5) is 0 Å². The molecule has 0 bridgehead atoms. The van der Waals surface area contributed by atoms with Crippen LogP contribution in [0.2, 0.25) is 0 Å². The first-order chi connectivity index (χ1) is 8.65. The van der Waals surface area contributed by atoms with Crippen molar-refractivity contribution in [2.45, 2.75) is 24.4 Å². The summed E-state index contributed by atoms with van der Waals surface area (Å²) in [6, 6.07) is 0. The Morgan fingerprint density at radius 1 is 1.28 bits per heavy atom. The smallest absolute Gasteiger partial charge is 0.226 e. The van der Waals surface area contributed by atoms with Crippen LogP contribution in [0.1, 0.15) is 11.8 Å². The fourth-order valence-electron chi connectivity index (χ4n) is 1.26. The fourth-order valence-corrected chi connectivity index (χ4v) is 2.00. The third-order valence-electron chi connectivity index (χ3n) is 2.15. The van der Waals surface area contributed by atoms with Gasteiger partial charge in [-0.05, 0) is 24.5 Å². The summed E-state index contributed by atoms with van der Waals surface area (Å²) in [6.45, 7) is 3.41. The second kappa shape index (κ2) is 5.91. The summed E-state index contributed by atoms with van der Waals surface area (Å²) in [5, 5.41) is 20.1. The predicted molar refractivity (Wildman–Crippen MR) is 65.0 cm³/mol. The normalized spacial score (nSPS) is 11.3. The monoisotopic (exact) mass is 269 g/mol. The fraction of sp³-hybridized carbons (Fsp3) is 0.667. The molecule has 18 heavy (non-hydrogen) atoms. The Balaban J connectivity index is 1.91. The molecule has 0 atom stereocenters. The molecule has 0 amide bonds. The Morgan fingerprint density at radius 3 is 2.78 bits per heavy atom. The van der Waals surface area contributed by atoms with Gasteiger partial charge in [0.1, 0.15) is 0 Å². The van der Waals surface area contributed by atoms with Crippen molar-refractivity contribution >= 4 is 11.8 Å². The highest BCUT2D eigenvalue weighted by atomic mass is 32.2. The molecule has 2 heterocycles. The molecule has 0 saturated heterocycles. The van der Waals surface area contributed by atoms with Crippen LogP contribution >= 0.6 is 11.8 Å². The van der Waals surface area contributed by atoms with Gasteiger partial charge >= 0.3 is 0 Å². The van der Waals surface area contributed by atoms with Crippen LogP contribution in [0.5, 0.6) is 0 Å². The molecule has 8 nitrogen and oxygen atoms in total. The summed E-state index contributed by atoms with van der Waals surface area (Å²) >= 11 is 1.48. The molecule has 0 saturated carbocycles. The number of thioether (sulfide) groups is 1. The number of hydrogen-bond acceptors (Lipinski definition) is 8. The lowest BCUT2D eigenvalue weighted by Gasteiger charge is -2.09. The Kier molecular flexibility index (Phi) is 4.26. The Hall–Kier alpha value is -1.48. The van der Waals surface area contributed by atoms with Gasteiger partial charge in [0.15, 0.2) is 0 Å². The van der Waals surface area contributed by atoms with E-state index < -0.39 is 0 Å². The summed E-state index contributed by atoms with van der Waals surface area (Å²) in [5.41, 5.74) is 0. The molecule has 0 aliphatic carbocycles. The number of aryl methyl sites for hydroxylation is 1. The maximum absolute atomic E-state index is 5.29. The Morgan fingerprint density at radius 2 is 2.11 bits per heavy atom. The predicted octanol–water partition coefficient (Wildman–Crippen LogP) is 0.218. The molecule has 0 N–H and O–H groups in total. The van der Waals surface area contributed by atoms with Gasteiger partial charge < -0.3 is 9.32 Å². The van der Waals surface area contributed by atoms with Crippen molar-refractivity contribution in [3.63, 3.8) is 0 Å². The highest BCUT2D eigenvalue weighted by molar-refractivity contribution is 7.98. The van der Waals surface area contributed by atoms with Crippen LogP contribution in [0.3, 0.4) is 0 Å². The number of rotatable bonds is 6. The van der Waals surface area contributed by atoms with Gasteiger partial charge in [0.2, 0.25) is 16.9 Å². The van der Waals surface area contributed by atoms with Gasteiger partial charge in [-0.15, -0.1) is 15.3 Å². The number of nitrogens with zero attached hydrogens (tertiary/aromatic N) is 7. The maximum Gasteiger partial charge on any atom is 0.226 e. The number of aromatic nitrogens is 6. The third kappa shape index (κ3) is 3.50. The van der Waals surface area contributed by atoms with E-state index in [1.54, 1.807) is 11.6 Å². The standard InChI is InChI=1S/C9H15N7OS/c1-7-10-11-8(17-7)6-18-9-12-13-14-16(9)5-4-15(2)3/h4-6H2,1-3H3. The zero-order chi connectivity index (χ0) is 13.0. The van der Waals surface area contributed by atoms with E-state index in [1.807, 2.05) is 14.1 Å². The molecule has 0 aliphatic heterocycles. The first-order valence-corrected chi connectivity index (χ1v) is 6.46. The highest BCUT2D eigenvalue weighted by Gasteiger charge is 2.10. The van der Waals surface area contributed by atoms with Gasteiger partial charge in [-0.2, -0.15) is 0 Å². The van der Waals surface area contributed by atoms with Crippen molar-refractivity contribution in [2.75, 3.05) is 20.6 Å². The molecule has 0 aliphatic rings. The summed E-state index contributed by atoms with van der Waals surface area (Å²) in [6.07, 6.45) is 0. The first kappa shape index (κ1) is 13.0. The van der Waals surface area contributed by atoms with Crippen LogP contribution < -0.4 is 0 Å². The zero-order valence-corrected chi connectivity index (χ0v) is 11.4. The molecule has 2 rings (SSSR count). The van der Waals surface area contributed by atoms with Gasteiger partial charge in [-0.1, -0.05) is 11.8 Å². The molecule has 9 heteroatoms. The molecule has 98 valence electrons. The molecular weight excluding hydrogens is 254 g/mol. The van der Waals surface area contributed by atoms with Gasteiger partial charge in [0, 0.05) is 13.5 Å². The van der Waals surface area contributed by atoms with Crippen molar-refractivity contribution in [2.24, 2.45) is 0 Å². The van der Waals surface area contributed by atoms with Crippen LogP contribution in [0.25, 0.3) is 0 Å². The molecule has 0 fully saturated rings. The molecule has 0 radical (unpaired) electrons. The summed E-state index contributed by atoms with van der Waals surface area (Å²) < 4.78 is 7.06. The van der Waals surface area contributed by atoms with E-state index in [2.05, 4.69) is 30.6 Å². The average Bonchev–Trinajstić information content (AvgIpc) is 2.92. The van der Waals surface area contributed by atoms with E-state index in [-0.39, 0.29) is 0 Å². The highest BCUT2D eigenvalue weighted by Crippen LogP contribution is 2.18. The lowest BCUT2D eigenvalue weighted by atomic mass is 10.6. The van der Waals surface area contributed by atoms with Crippen LogP contribution in [0, 0.1) is 6.92 Å². The van der Waals surface area contributed by atoms with Gasteiger partial charge in [0.25, 0.3) is 0 Å². The van der Waals surface area contributed by atoms with E-state index >= 15 is 0 Å². The van der Waals surface area contributed by atoms with Crippen molar-refractivity contribution in [3.8, 4) is 0 Å². The van der Waals surface area contributed by atoms with E-state index in [0.29, 0.717) is 17.5 Å². The van der Waals surface area contributed by atoms with E-state index in [4.69, 9.17) is 4.42 Å². The van der Waals surface area contributed by atoms with Crippen LogP contribution in [-0.4, -0.2) is 55.9 Å². The maximum atomic E-state index is 5.29. The third-order valence-corrected chi connectivity index (χ3v) is 3.09. The first-order valence-electron chi connectivity index (χ1n) is 5.48. The van der Waals surface area contributed by atoms with E-state index in [1.165, 1.54) is 11.8 Å². The quantitative estimate of drug-likeness (QED) is 0.688. The summed E-state index contributed by atoms with van der Waals surface area (Å²) in [4.78, 5) is 2.08. The van der Waals surface area contributed by atoms with E-state index in [9.17, 15) is 0 Å². The topological polar surface area (TPSA) is 85.8 Å². The minimum Gasteiger partial charge on any atom is -0.425 e. The van der Waals surface area contributed by atoms with Gasteiger partial charge in [-0.25, -0.2) is 4.68 Å². The average molecular weight is 269 g/mol. The zero-order valence-electron chi connectivity index (χ0n) is 10.6. The molecule has 0 unspecified atom stereocenters. The minimum atomic E-state index is 0.567. The number of tetrazole rings is 1. The largest absolute Gasteiger partial charge is 0.425 e. The summed E-state index contributed by atoms with van der Waals surface area (Å²) in [5.74, 6) is 1.72. The van der Waals surface area contributed by atoms with Crippen molar-refractivity contribution in [1.29, 1.82) is 0 Å². The van der Waals surface area contributed by atoms with Crippen LogP contribution in [0.15, 0.2) is 9.57 Å².